The third-order valence-electron chi connectivity index (χ3n) is 2.79. The van der Waals surface area contributed by atoms with Crippen LogP contribution >= 0.6 is 12.2 Å². The molecule has 20 heavy (non-hydrogen) atoms. The summed E-state index contributed by atoms with van der Waals surface area (Å²) < 4.78 is 12.8. The van der Waals surface area contributed by atoms with Crippen LogP contribution in [-0.4, -0.2) is 28.9 Å². The first-order valence-electron chi connectivity index (χ1n) is 6.40. The van der Waals surface area contributed by atoms with Gasteiger partial charge in [0.1, 0.15) is 17.9 Å². The predicted molar refractivity (Wildman–Crippen MR) is 78.4 cm³/mol. The van der Waals surface area contributed by atoms with Crippen molar-refractivity contribution < 1.29 is 14.3 Å². The molecule has 7 heteroatoms. The van der Waals surface area contributed by atoms with E-state index < -0.39 is 6.09 Å². The van der Waals surface area contributed by atoms with Crippen molar-refractivity contribution in [3.63, 3.8) is 0 Å². The molecule has 0 aliphatic heterocycles. The number of fused-ring (bicyclic) bond motifs is 1. The first kappa shape index (κ1) is 14.4. The van der Waals surface area contributed by atoms with Gasteiger partial charge in [-0.15, -0.1) is 0 Å². The molecule has 1 heterocycles. The van der Waals surface area contributed by atoms with Crippen molar-refractivity contribution in [1.29, 1.82) is 0 Å². The van der Waals surface area contributed by atoms with Crippen molar-refractivity contribution in [2.24, 2.45) is 5.73 Å². The molecule has 6 nitrogen and oxygen atoms in total. The highest BCUT2D eigenvalue weighted by molar-refractivity contribution is 7.71. The Bertz CT molecular complexity index is 662. The molecule has 0 radical (unpaired) electrons. The molecule has 0 aliphatic carbocycles. The zero-order chi connectivity index (χ0) is 14.5. The minimum absolute atomic E-state index is 0.177. The molecule has 2 aromatic rings. The van der Waals surface area contributed by atoms with E-state index in [1.807, 2.05) is 22.8 Å². The number of carbonyl (C=O) groups is 1. The van der Waals surface area contributed by atoms with E-state index in [0.717, 1.165) is 23.2 Å². The van der Waals surface area contributed by atoms with E-state index in [2.05, 4.69) is 11.9 Å². The molecule has 108 valence electrons. The average Bonchev–Trinajstić information content (AvgIpc) is 2.73. The van der Waals surface area contributed by atoms with E-state index in [4.69, 9.17) is 27.4 Å². The summed E-state index contributed by atoms with van der Waals surface area (Å²) in [6, 6.07) is 5.74. The van der Waals surface area contributed by atoms with E-state index in [-0.39, 0.29) is 6.61 Å². The first-order chi connectivity index (χ1) is 9.63. The van der Waals surface area contributed by atoms with Gasteiger partial charge in [0.2, 0.25) is 0 Å². The summed E-state index contributed by atoms with van der Waals surface area (Å²) in [5.74, 6) is 0.769. The van der Waals surface area contributed by atoms with Gasteiger partial charge in [0.05, 0.1) is 18.7 Å². The summed E-state index contributed by atoms with van der Waals surface area (Å²) in [6.45, 7) is 3.32. The van der Waals surface area contributed by atoms with E-state index in [1.165, 1.54) is 0 Å². The van der Waals surface area contributed by atoms with Crippen LogP contribution in [-0.2, 0) is 11.3 Å². The minimum Gasteiger partial charge on any atom is -0.491 e. The average molecular weight is 295 g/mol. The molecule has 0 saturated carbocycles. The van der Waals surface area contributed by atoms with Gasteiger partial charge in [-0.25, -0.2) is 4.79 Å². The summed E-state index contributed by atoms with van der Waals surface area (Å²) >= 11 is 5.28. The molecule has 0 aliphatic rings. The van der Waals surface area contributed by atoms with Gasteiger partial charge in [-0.1, -0.05) is 13.0 Å². The lowest BCUT2D eigenvalue weighted by atomic mass is 10.3. The Kier molecular flexibility index (Phi) is 4.62. The van der Waals surface area contributed by atoms with Crippen molar-refractivity contribution in [3.8, 4) is 5.75 Å². The molecule has 0 spiro atoms. The summed E-state index contributed by atoms with van der Waals surface area (Å²) in [6.07, 6.45) is 0.146. The van der Waals surface area contributed by atoms with Crippen molar-refractivity contribution in [1.82, 2.24) is 9.55 Å². The molecule has 2 rings (SSSR count). The van der Waals surface area contributed by atoms with Gasteiger partial charge in [-0.05, 0) is 30.8 Å². The Morgan fingerprint density at radius 3 is 2.95 bits per heavy atom. The number of nitrogens with zero attached hydrogens (tertiary/aromatic N) is 1. The van der Waals surface area contributed by atoms with Crippen LogP contribution in [0.3, 0.4) is 0 Å². The quantitative estimate of drug-likeness (QED) is 0.802. The number of benzene rings is 1. The number of amides is 1. The summed E-state index contributed by atoms with van der Waals surface area (Å²) in [5.41, 5.74) is 6.70. The van der Waals surface area contributed by atoms with Crippen molar-refractivity contribution in [2.45, 2.75) is 19.9 Å². The summed E-state index contributed by atoms with van der Waals surface area (Å²) in [5, 5.41) is 0. The van der Waals surface area contributed by atoms with Crippen LogP contribution in [0, 0.1) is 4.77 Å². The molecular weight excluding hydrogens is 278 g/mol. The molecule has 0 atom stereocenters. The van der Waals surface area contributed by atoms with Gasteiger partial charge in [-0.2, -0.15) is 0 Å². The largest absolute Gasteiger partial charge is 0.491 e. The molecule has 0 saturated heterocycles. The minimum atomic E-state index is -0.789. The fourth-order valence-corrected chi connectivity index (χ4v) is 2.24. The number of primary amides is 1. The lowest BCUT2D eigenvalue weighted by molar-refractivity contribution is 0.152. The lowest BCUT2D eigenvalue weighted by Crippen LogP contribution is -2.16. The van der Waals surface area contributed by atoms with E-state index >= 15 is 0 Å². The number of carbonyl (C=O) groups excluding carboxylic acids is 1. The van der Waals surface area contributed by atoms with Crippen LogP contribution in [0.4, 0.5) is 4.79 Å². The monoisotopic (exact) mass is 295 g/mol. The van der Waals surface area contributed by atoms with Crippen molar-refractivity contribution in [2.75, 3.05) is 13.2 Å². The van der Waals surface area contributed by atoms with Gasteiger partial charge in [0, 0.05) is 0 Å². The van der Waals surface area contributed by atoms with Gasteiger partial charge in [0.15, 0.2) is 4.77 Å². The normalized spacial score (nSPS) is 10.7. The van der Waals surface area contributed by atoms with Crippen LogP contribution in [0.1, 0.15) is 13.3 Å². The number of nitrogens with two attached hydrogens (primary N) is 1. The second-order valence-corrected chi connectivity index (χ2v) is 4.63. The van der Waals surface area contributed by atoms with E-state index in [1.54, 1.807) is 0 Å². The maximum absolute atomic E-state index is 10.6. The smallest absolute Gasteiger partial charge is 0.404 e. The molecule has 3 N–H and O–H groups in total. The van der Waals surface area contributed by atoms with Crippen LogP contribution < -0.4 is 10.5 Å². The number of imidazole rings is 1. The maximum Gasteiger partial charge on any atom is 0.404 e. The zero-order valence-corrected chi connectivity index (χ0v) is 12.0. The Hall–Kier alpha value is -2.02. The maximum atomic E-state index is 10.6. The second kappa shape index (κ2) is 6.42. The Balaban J connectivity index is 2.29. The topological polar surface area (TPSA) is 82.3 Å². The van der Waals surface area contributed by atoms with Crippen LogP contribution in [0.5, 0.6) is 5.75 Å². The summed E-state index contributed by atoms with van der Waals surface area (Å²) in [4.78, 5) is 13.7. The van der Waals surface area contributed by atoms with Crippen LogP contribution in [0.15, 0.2) is 18.2 Å². The number of hydrogen-bond donors (Lipinski definition) is 2. The van der Waals surface area contributed by atoms with Gasteiger partial charge in [-0.3, -0.25) is 0 Å². The third-order valence-corrected chi connectivity index (χ3v) is 3.12. The molecular formula is C13H17N3O3S. The third kappa shape index (κ3) is 3.11. The number of para-hydroxylation sites is 1. The SMILES string of the molecule is CCCOc1cccc2c1[nH]c(=S)n2CCOC(N)=O. The predicted octanol–water partition coefficient (Wildman–Crippen LogP) is 2.58. The highest BCUT2D eigenvalue weighted by atomic mass is 32.1. The number of rotatable bonds is 6. The number of aromatic amines is 1. The number of aromatic nitrogens is 2. The standard InChI is InChI=1S/C13H17N3O3S/c1-2-7-18-10-5-3-4-9-11(10)15-13(20)16(9)6-8-19-12(14)17/h3-5H,2,6-8H2,1H3,(H2,14,17)(H,15,20). The fourth-order valence-electron chi connectivity index (χ4n) is 1.95. The molecule has 1 aromatic carbocycles. The van der Waals surface area contributed by atoms with Crippen LogP contribution in [0.2, 0.25) is 0 Å². The van der Waals surface area contributed by atoms with Crippen molar-refractivity contribution in [3.05, 3.63) is 23.0 Å². The van der Waals surface area contributed by atoms with Gasteiger partial charge in [0.25, 0.3) is 0 Å². The number of nitrogens with one attached hydrogen (secondary N) is 1. The Labute approximate surface area is 121 Å². The Morgan fingerprint density at radius 1 is 1.45 bits per heavy atom. The Morgan fingerprint density at radius 2 is 2.25 bits per heavy atom. The van der Waals surface area contributed by atoms with Crippen LogP contribution in [0.25, 0.3) is 11.0 Å². The second-order valence-electron chi connectivity index (χ2n) is 4.25. The van der Waals surface area contributed by atoms with E-state index in [9.17, 15) is 4.79 Å². The molecule has 0 bridgehead atoms. The number of hydrogen-bond acceptors (Lipinski definition) is 4. The molecule has 0 fully saturated rings. The fraction of sp³-hybridized carbons (Fsp3) is 0.385. The van der Waals surface area contributed by atoms with E-state index in [0.29, 0.717) is 17.9 Å². The first-order valence-corrected chi connectivity index (χ1v) is 6.81. The highest BCUT2D eigenvalue weighted by Gasteiger charge is 2.09. The zero-order valence-electron chi connectivity index (χ0n) is 11.2. The number of H-pyrrole nitrogens is 1. The van der Waals surface area contributed by atoms with Crippen molar-refractivity contribution >= 4 is 29.3 Å². The lowest BCUT2D eigenvalue weighted by Gasteiger charge is -2.07. The highest BCUT2D eigenvalue weighted by Crippen LogP contribution is 2.25. The number of ether oxygens (including phenoxy) is 2. The van der Waals surface area contributed by atoms with Gasteiger partial charge >= 0.3 is 6.09 Å². The summed E-state index contributed by atoms with van der Waals surface area (Å²) in [7, 11) is 0. The van der Waals surface area contributed by atoms with Gasteiger partial charge < -0.3 is 24.8 Å². The molecule has 0 unspecified atom stereocenters. The molecule has 1 aromatic heterocycles. The molecule has 1 amide bonds.